The summed E-state index contributed by atoms with van der Waals surface area (Å²) in [6, 6.07) is 0. The first-order valence-corrected chi connectivity index (χ1v) is 9.11. The molecular formula is C18H32N2O3. The van der Waals surface area contributed by atoms with E-state index in [-0.39, 0.29) is 17.9 Å². The first-order valence-electron chi connectivity index (χ1n) is 9.11. The van der Waals surface area contributed by atoms with E-state index in [4.69, 9.17) is 4.74 Å². The Bertz CT molecular complexity index is 411. The van der Waals surface area contributed by atoms with Crippen molar-refractivity contribution in [1.29, 1.82) is 0 Å². The highest BCUT2D eigenvalue weighted by molar-refractivity contribution is 5.80. The summed E-state index contributed by atoms with van der Waals surface area (Å²) in [5.74, 6) is 0.641. The van der Waals surface area contributed by atoms with E-state index in [1.54, 1.807) is 4.90 Å². The van der Waals surface area contributed by atoms with Crippen LogP contribution in [0.25, 0.3) is 0 Å². The Kier molecular flexibility index (Phi) is 6.31. The van der Waals surface area contributed by atoms with E-state index >= 15 is 0 Å². The molecule has 1 unspecified atom stereocenters. The monoisotopic (exact) mass is 324 g/mol. The summed E-state index contributed by atoms with van der Waals surface area (Å²) in [6.07, 6.45) is 7.79. The van der Waals surface area contributed by atoms with E-state index in [0.717, 1.165) is 19.4 Å². The SMILES string of the molecule is CC(C)(C)OC(=O)N1CCCC(C(=O)NCC2CCCCC2)C1. The van der Waals surface area contributed by atoms with Gasteiger partial charge < -0.3 is 15.0 Å². The molecule has 1 N–H and O–H groups in total. The molecule has 0 aromatic carbocycles. The van der Waals surface area contributed by atoms with Crippen LogP contribution in [0.3, 0.4) is 0 Å². The topological polar surface area (TPSA) is 58.6 Å². The molecule has 1 saturated heterocycles. The van der Waals surface area contributed by atoms with E-state index in [1.807, 2.05) is 20.8 Å². The maximum atomic E-state index is 12.4. The van der Waals surface area contributed by atoms with E-state index in [9.17, 15) is 9.59 Å². The highest BCUT2D eigenvalue weighted by Gasteiger charge is 2.31. The number of hydrogen-bond donors (Lipinski definition) is 1. The highest BCUT2D eigenvalue weighted by Crippen LogP contribution is 2.23. The highest BCUT2D eigenvalue weighted by atomic mass is 16.6. The fourth-order valence-corrected chi connectivity index (χ4v) is 3.46. The number of hydrogen-bond acceptors (Lipinski definition) is 3. The zero-order chi connectivity index (χ0) is 16.9. The molecule has 1 heterocycles. The van der Waals surface area contributed by atoms with Crippen LogP contribution in [-0.4, -0.2) is 42.1 Å². The Morgan fingerprint density at radius 1 is 1.09 bits per heavy atom. The van der Waals surface area contributed by atoms with Crippen LogP contribution in [0.2, 0.25) is 0 Å². The molecule has 2 aliphatic rings. The molecule has 0 spiro atoms. The normalized spacial score (nSPS) is 23.4. The van der Waals surface area contributed by atoms with Crippen molar-refractivity contribution in [2.75, 3.05) is 19.6 Å². The van der Waals surface area contributed by atoms with Gasteiger partial charge in [-0.2, -0.15) is 0 Å². The maximum Gasteiger partial charge on any atom is 0.410 e. The second kappa shape index (κ2) is 8.02. The number of ether oxygens (including phenoxy) is 1. The van der Waals surface area contributed by atoms with E-state index in [1.165, 1.54) is 32.1 Å². The van der Waals surface area contributed by atoms with E-state index in [2.05, 4.69) is 5.32 Å². The summed E-state index contributed by atoms with van der Waals surface area (Å²) in [5, 5.41) is 3.11. The van der Waals surface area contributed by atoms with Crippen molar-refractivity contribution in [3.05, 3.63) is 0 Å². The predicted octanol–water partition coefficient (Wildman–Crippen LogP) is 3.33. The number of carbonyl (C=O) groups excluding carboxylic acids is 2. The van der Waals surface area contributed by atoms with Crippen molar-refractivity contribution in [3.63, 3.8) is 0 Å². The number of likely N-dealkylation sites (tertiary alicyclic amines) is 1. The minimum absolute atomic E-state index is 0.0974. The van der Waals surface area contributed by atoms with Gasteiger partial charge in [-0.1, -0.05) is 19.3 Å². The maximum absolute atomic E-state index is 12.4. The Balaban J connectivity index is 1.78. The van der Waals surface area contributed by atoms with E-state index < -0.39 is 5.60 Å². The van der Waals surface area contributed by atoms with Crippen LogP contribution in [0.1, 0.15) is 65.7 Å². The lowest BCUT2D eigenvalue weighted by atomic mass is 9.89. The number of piperidine rings is 1. The fraction of sp³-hybridized carbons (Fsp3) is 0.889. The molecule has 23 heavy (non-hydrogen) atoms. The third kappa shape index (κ3) is 6.04. The lowest BCUT2D eigenvalue weighted by Crippen LogP contribution is -2.47. The van der Waals surface area contributed by atoms with Crippen molar-refractivity contribution < 1.29 is 14.3 Å². The average molecular weight is 324 g/mol. The Morgan fingerprint density at radius 3 is 2.43 bits per heavy atom. The third-order valence-corrected chi connectivity index (χ3v) is 4.73. The molecule has 5 heteroatoms. The van der Waals surface area contributed by atoms with Gasteiger partial charge in [0, 0.05) is 19.6 Å². The van der Waals surface area contributed by atoms with Crippen molar-refractivity contribution in [1.82, 2.24) is 10.2 Å². The molecule has 2 rings (SSSR count). The predicted molar refractivity (Wildman–Crippen MR) is 90.1 cm³/mol. The lowest BCUT2D eigenvalue weighted by molar-refractivity contribution is -0.126. The standard InChI is InChI=1S/C18H32N2O3/c1-18(2,3)23-17(22)20-11-7-10-15(13-20)16(21)19-12-14-8-5-4-6-9-14/h14-15H,4-13H2,1-3H3,(H,19,21). The van der Waals surface area contributed by atoms with Crippen molar-refractivity contribution in [2.24, 2.45) is 11.8 Å². The van der Waals surface area contributed by atoms with E-state index in [0.29, 0.717) is 19.0 Å². The molecule has 0 aromatic rings. The molecule has 1 aliphatic heterocycles. The zero-order valence-electron chi connectivity index (χ0n) is 14.9. The summed E-state index contributed by atoms with van der Waals surface area (Å²) < 4.78 is 5.42. The molecule has 5 nitrogen and oxygen atoms in total. The quantitative estimate of drug-likeness (QED) is 0.866. The largest absolute Gasteiger partial charge is 0.444 e. The summed E-state index contributed by atoms with van der Waals surface area (Å²) in [5.41, 5.74) is -0.493. The van der Waals surface area contributed by atoms with Gasteiger partial charge in [0.25, 0.3) is 0 Å². The van der Waals surface area contributed by atoms with Crippen LogP contribution in [0.4, 0.5) is 4.79 Å². The van der Waals surface area contributed by atoms with Crippen LogP contribution in [0, 0.1) is 11.8 Å². The summed E-state index contributed by atoms with van der Waals surface area (Å²) in [7, 11) is 0. The van der Waals surface area contributed by atoms with Crippen LogP contribution in [-0.2, 0) is 9.53 Å². The van der Waals surface area contributed by atoms with Gasteiger partial charge in [-0.25, -0.2) is 4.79 Å². The number of nitrogens with one attached hydrogen (secondary N) is 1. The van der Waals surface area contributed by atoms with Crippen LogP contribution >= 0.6 is 0 Å². The molecule has 2 amide bonds. The van der Waals surface area contributed by atoms with Gasteiger partial charge in [0.05, 0.1) is 5.92 Å². The van der Waals surface area contributed by atoms with Crippen molar-refractivity contribution in [3.8, 4) is 0 Å². The molecule has 2 fully saturated rings. The van der Waals surface area contributed by atoms with Crippen LogP contribution < -0.4 is 5.32 Å². The lowest BCUT2D eigenvalue weighted by Gasteiger charge is -2.33. The van der Waals surface area contributed by atoms with Gasteiger partial charge in [-0.05, 0) is 52.4 Å². The van der Waals surface area contributed by atoms with Crippen molar-refractivity contribution in [2.45, 2.75) is 71.3 Å². The zero-order valence-corrected chi connectivity index (χ0v) is 14.9. The second-order valence-electron chi connectivity index (χ2n) is 8.01. The first-order chi connectivity index (χ1) is 10.8. The summed E-state index contributed by atoms with van der Waals surface area (Å²) in [4.78, 5) is 26.2. The Morgan fingerprint density at radius 2 is 1.78 bits per heavy atom. The summed E-state index contributed by atoms with van der Waals surface area (Å²) >= 11 is 0. The number of nitrogens with zero attached hydrogens (tertiary/aromatic N) is 1. The second-order valence-corrected chi connectivity index (χ2v) is 8.01. The molecule has 1 saturated carbocycles. The molecule has 0 radical (unpaired) electrons. The van der Waals surface area contributed by atoms with Crippen LogP contribution in [0.15, 0.2) is 0 Å². The van der Waals surface area contributed by atoms with Gasteiger partial charge in [0.1, 0.15) is 5.60 Å². The summed E-state index contributed by atoms with van der Waals surface area (Å²) in [6.45, 7) is 7.55. The van der Waals surface area contributed by atoms with Gasteiger partial charge in [0.2, 0.25) is 5.91 Å². The Hall–Kier alpha value is -1.26. The molecule has 1 aliphatic carbocycles. The first kappa shape index (κ1) is 18.1. The molecule has 0 aromatic heterocycles. The minimum Gasteiger partial charge on any atom is -0.444 e. The minimum atomic E-state index is -0.493. The molecule has 132 valence electrons. The van der Waals surface area contributed by atoms with Gasteiger partial charge >= 0.3 is 6.09 Å². The number of amides is 2. The van der Waals surface area contributed by atoms with Crippen molar-refractivity contribution >= 4 is 12.0 Å². The molecular weight excluding hydrogens is 292 g/mol. The number of rotatable bonds is 3. The van der Waals surface area contributed by atoms with Gasteiger partial charge in [0.15, 0.2) is 0 Å². The Labute approximate surface area is 140 Å². The third-order valence-electron chi connectivity index (χ3n) is 4.73. The average Bonchev–Trinajstić information content (AvgIpc) is 2.52. The molecule has 0 bridgehead atoms. The fourth-order valence-electron chi connectivity index (χ4n) is 3.46. The molecule has 1 atom stereocenters. The van der Waals surface area contributed by atoms with Gasteiger partial charge in [-0.15, -0.1) is 0 Å². The number of carbonyl (C=O) groups is 2. The van der Waals surface area contributed by atoms with Crippen LogP contribution in [0.5, 0.6) is 0 Å². The van der Waals surface area contributed by atoms with Gasteiger partial charge in [-0.3, -0.25) is 4.79 Å². The smallest absolute Gasteiger partial charge is 0.410 e.